The molecule has 1 nitrogen and oxygen atoms in total. The first kappa shape index (κ1) is 8.28. The van der Waals surface area contributed by atoms with Gasteiger partial charge in [-0.05, 0) is 26.0 Å². The highest BCUT2D eigenvalue weighted by Crippen LogP contribution is 2.04. The van der Waals surface area contributed by atoms with Crippen molar-refractivity contribution in [2.45, 2.75) is 26.7 Å². The summed E-state index contributed by atoms with van der Waals surface area (Å²) >= 11 is 0. The molecule has 0 saturated heterocycles. The molecule has 0 heterocycles. The molecule has 0 aliphatic heterocycles. The summed E-state index contributed by atoms with van der Waals surface area (Å²) in [6.45, 7) is 4.13. The van der Waals surface area contributed by atoms with Crippen molar-refractivity contribution in [1.82, 2.24) is 0 Å². The molecule has 0 aromatic heterocycles. The smallest absolute Gasteiger partial charge is 0.00674 e. The highest BCUT2D eigenvalue weighted by atomic mass is 14.5. The van der Waals surface area contributed by atoms with Crippen molar-refractivity contribution in [3.05, 3.63) is 23.9 Å². The van der Waals surface area contributed by atoms with Crippen LogP contribution in [0.1, 0.15) is 26.7 Å². The number of rotatable bonds is 3. The van der Waals surface area contributed by atoms with E-state index in [1.165, 1.54) is 5.57 Å². The van der Waals surface area contributed by atoms with Crippen LogP contribution in [0.3, 0.4) is 0 Å². The van der Waals surface area contributed by atoms with Gasteiger partial charge in [0.2, 0.25) is 0 Å². The van der Waals surface area contributed by atoms with E-state index < -0.39 is 0 Å². The fourth-order valence-electron chi connectivity index (χ4n) is 0.599. The van der Waals surface area contributed by atoms with E-state index in [4.69, 9.17) is 5.73 Å². The van der Waals surface area contributed by atoms with Gasteiger partial charge < -0.3 is 5.73 Å². The van der Waals surface area contributed by atoms with Crippen molar-refractivity contribution in [2.24, 2.45) is 5.73 Å². The predicted molar refractivity (Wildman–Crippen MR) is 42.0 cm³/mol. The van der Waals surface area contributed by atoms with Gasteiger partial charge in [0.1, 0.15) is 0 Å². The number of hydrogen-bond acceptors (Lipinski definition) is 1. The van der Waals surface area contributed by atoms with E-state index >= 15 is 0 Å². The van der Waals surface area contributed by atoms with Crippen LogP contribution < -0.4 is 5.73 Å². The van der Waals surface area contributed by atoms with Crippen LogP contribution in [-0.4, -0.2) is 0 Å². The molecule has 0 aliphatic carbocycles. The van der Waals surface area contributed by atoms with E-state index in [0.717, 1.165) is 12.8 Å². The van der Waals surface area contributed by atoms with Crippen LogP contribution >= 0.6 is 0 Å². The summed E-state index contributed by atoms with van der Waals surface area (Å²) in [5, 5.41) is 0. The Balaban J connectivity index is 3.58. The fourth-order valence-corrected chi connectivity index (χ4v) is 0.599. The zero-order chi connectivity index (χ0) is 7.11. The third-order valence-corrected chi connectivity index (χ3v) is 1.31. The average molecular weight is 125 g/mol. The molecule has 1 heteroatoms. The van der Waals surface area contributed by atoms with Gasteiger partial charge in [0, 0.05) is 0 Å². The zero-order valence-electron chi connectivity index (χ0n) is 6.22. The lowest BCUT2D eigenvalue weighted by molar-refractivity contribution is 1.02. The van der Waals surface area contributed by atoms with Crippen LogP contribution in [-0.2, 0) is 0 Å². The normalized spacial score (nSPS) is 12.9. The molecule has 0 saturated carbocycles. The number of allylic oxidation sites excluding steroid dienone is 3. The van der Waals surface area contributed by atoms with E-state index in [9.17, 15) is 0 Å². The Morgan fingerprint density at radius 3 is 2.56 bits per heavy atom. The van der Waals surface area contributed by atoms with E-state index in [0.29, 0.717) is 0 Å². The first-order chi connectivity index (χ1) is 4.35. The van der Waals surface area contributed by atoms with Crippen molar-refractivity contribution in [2.75, 3.05) is 0 Å². The van der Waals surface area contributed by atoms with Crippen molar-refractivity contribution >= 4 is 0 Å². The summed E-state index contributed by atoms with van der Waals surface area (Å²) in [6, 6.07) is 0. The van der Waals surface area contributed by atoms with E-state index in [1.54, 1.807) is 6.20 Å². The van der Waals surface area contributed by atoms with Gasteiger partial charge in [-0.3, -0.25) is 0 Å². The van der Waals surface area contributed by atoms with Crippen molar-refractivity contribution in [3.63, 3.8) is 0 Å². The zero-order valence-corrected chi connectivity index (χ0v) is 6.22. The molecule has 0 amide bonds. The standard InChI is InChI=1S/C8H15N/c1-3-5-6-8(4-2)7-9/h3,5,7H,4,6,9H2,1-2H3/b5-3-,8-7-. The Labute approximate surface area is 57.3 Å². The maximum atomic E-state index is 5.33. The van der Waals surface area contributed by atoms with Crippen molar-refractivity contribution < 1.29 is 0 Å². The summed E-state index contributed by atoms with van der Waals surface area (Å²) in [4.78, 5) is 0. The Hall–Kier alpha value is -0.720. The lowest BCUT2D eigenvalue weighted by Gasteiger charge is -1.95. The van der Waals surface area contributed by atoms with Gasteiger partial charge in [-0.25, -0.2) is 0 Å². The molecule has 2 N–H and O–H groups in total. The molecule has 0 radical (unpaired) electrons. The second-order valence-electron chi connectivity index (χ2n) is 1.95. The fraction of sp³-hybridized carbons (Fsp3) is 0.500. The van der Waals surface area contributed by atoms with Gasteiger partial charge >= 0.3 is 0 Å². The summed E-state index contributed by atoms with van der Waals surface area (Å²) in [5.41, 5.74) is 6.63. The van der Waals surface area contributed by atoms with Crippen molar-refractivity contribution in [1.29, 1.82) is 0 Å². The largest absolute Gasteiger partial charge is 0.405 e. The number of nitrogens with two attached hydrogens (primary N) is 1. The number of hydrogen-bond donors (Lipinski definition) is 1. The topological polar surface area (TPSA) is 26.0 Å². The Kier molecular flexibility index (Phi) is 4.98. The van der Waals surface area contributed by atoms with Crippen LogP contribution in [0.2, 0.25) is 0 Å². The maximum Gasteiger partial charge on any atom is -0.00674 e. The van der Waals surface area contributed by atoms with Crippen LogP contribution in [0.4, 0.5) is 0 Å². The first-order valence-corrected chi connectivity index (χ1v) is 3.36. The van der Waals surface area contributed by atoms with Gasteiger partial charge in [-0.1, -0.05) is 24.6 Å². The summed E-state index contributed by atoms with van der Waals surface area (Å²) in [6.07, 6.45) is 7.91. The highest BCUT2D eigenvalue weighted by Gasteiger charge is 1.85. The maximum absolute atomic E-state index is 5.33. The molecule has 52 valence electrons. The van der Waals surface area contributed by atoms with Crippen LogP contribution in [0.5, 0.6) is 0 Å². The van der Waals surface area contributed by atoms with Crippen molar-refractivity contribution in [3.8, 4) is 0 Å². The van der Waals surface area contributed by atoms with Crippen LogP contribution in [0, 0.1) is 0 Å². The monoisotopic (exact) mass is 125 g/mol. The molecule has 0 unspecified atom stereocenters. The van der Waals surface area contributed by atoms with Gasteiger partial charge in [-0.15, -0.1) is 0 Å². The lowest BCUT2D eigenvalue weighted by atomic mass is 10.1. The summed E-state index contributed by atoms with van der Waals surface area (Å²) in [7, 11) is 0. The second-order valence-corrected chi connectivity index (χ2v) is 1.95. The van der Waals surface area contributed by atoms with E-state index in [2.05, 4.69) is 13.0 Å². The molecule has 9 heavy (non-hydrogen) atoms. The second kappa shape index (κ2) is 5.42. The Morgan fingerprint density at radius 1 is 1.56 bits per heavy atom. The minimum Gasteiger partial charge on any atom is -0.405 e. The molecular weight excluding hydrogens is 110 g/mol. The third-order valence-electron chi connectivity index (χ3n) is 1.31. The van der Waals surface area contributed by atoms with Crippen LogP contribution in [0.25, 0.3) is 0 Å². The third kappa shape index (κ3) is 3.83. The van der Waals surface area contributed by atoms with Gasteiger partial charge in [0.25, 0.3) is 0 Å². The molecule has 0 fully saturated rings. The summed E-state index contributed by atoms with van der Waals surface area (Å²) in [5.74, 6) is 0. The molecule has 0 rings (SSSR count). The SMILES string of the molecule is C/C=C\C/C(=C\N)CC. The highest BCUT2D eigenvalue weighted by molar-refractivity contribution is 5.04. The molecule has 0 aromatic carbocycles. The molecular formula is C8H15N. The minimum atomic E-state index is 1.00. The molecule has 0 atom stereocenters. The van der Waals surface area contributed by atoms with E-state index in [-0.39, 0.29) is 0 Å². The van der Waals surface area contributed by atoms with Gasteiger partial charge in [0.05, 0.1) is 0 Å². The average Bonchev–Trinajstić information content (AvgIpc) is 1.91. The Morgan fingerprint density at radius 2 is 2.22 bits per heavy atom. The molecule has 0 aromatic rings. The van der Waals surface area contributed by atoms with Gasteiger partial charge in [0.15, 0.2) is 0 Å². The minimum absolute atomic E-state index is 1.00. The molecule has 0 spiro atoms. The quantitative estimate of drug-likeness (QED) is 0.575. The summed E-state index contributed by atoms with van der Waals surface area (Å²) < 4.78 is 0. The molecule has 0 bridgehead atoms. The Bertz CT molecular complexity index is 112. The van der Waals surface area contributed by atoms with Crippen LogP contribution in [0.15, 0.2) is 23.9 Å². The predicted octanol–water partition coefficient (Wildman–Crippen LogP) is 2.21. The van der Waals surface area contributed by atoms with Gasteiger partial charge in [-0.2, -0.15) is 0 Å². The van der Waals surface area contributed by atoms with E-state index in [1.807, 2.05) is 13.0 Å². The first-order valence-electron chi connectivity index (χ1n) is 3.36. The lowest BCUT2D eigenvalue weighted by Crippen LogP contribution is -1.85. The molecule has 0 aliphatic rings.